The molecule has 1 heterocycles. The predicted molar refractivity (Wildman–Crippen MR) is 140 cm³/mol. The molecule has 1 aliphatic carbocycles. The highest BCUT2D eigenvalue weighted by Gasteiger charge is 2.32. The second kappa shape index (κ2) is 7.88. The standard InChI is InChI=1S/C29H33NO3S/c1-17-13-18(2)28(19(3)14-17)34(31,32)30-25-16-24-23-15-20(29(4,5)6)11-12-26(23)33-27(24)22-10-8-7-9-21(22)25/h7-10,13-14,16,20,30H,11-12,15H2,1-6H3/t20-/m1/s1. The summed E-state index contributed by atoms with van der Waals surface area (Å²) < 4.78 is 36.6. The van der Waals surface area contributed by atoms with E-state index in [0.29, 0.717) is 16.5 Å². The van der Waals surface area contributed by atoms with Gasteiger partial charge >= 0.3 is 0 Å². The van der Waals surface area contributed by atoms with Crippen LogP contribution in [-0.2, 0) is 22.9 Å². The largest absolute Gasteiger partial charge is 0.460 e. The molecule has 1 N–H and O–H groups in total. The molecule has 0 saturated heterocycles. The topological polar surface area (TPSA) is 59.3 Å². The lowest BCUT2D eigenvalue weighted by Crippen LogP contribution is -2.26. The fourth-order valence-electron chi connectivity index (χ4n) is 5.71. The summed E-state index contributed by atoms with van der Waals surface area (Å²) in [7, 11) is -3.77. The molecule has 0 spiro atoms. The molecule has 0 amide bonds. The van der Waals surface area contributed by atoms with Crippen molar-refractivity contribution in [3.8, 4) is 0 Å². The van der Waals surface area contributed by atoms with Crippen LogP contribution in [0.5, 0.6) is 0 Å². The number of rotatable bonds is 3. The van der Waals surface area contributed by atoms with E-state index in [-0.39, 0.29) is 5.41 Å². The molecule has 0 unspecified atom stereocenters. The van der Waals surface area contributed by atoms with E-state index in [1.807, 2.05) is 63.2 Å². The van der Waals surface area contributed by atoms with Crippen molar-refractivity contribution >= 4 is 37.5 Å². The van der Waals surface area contributed by atoms with E-state index in [0.717, 1.165) is 63.5 Å². The summed E-state index contributed by atoms with van der Waals surface area (Å²) in [6.07, 6.45) is 2.98. The Bertz CT molecular complexity index is 1510. The van der Waals surface area contributed by atoms with Crippen LogP contribution in [0.15, 0.2) is 51.8 Å². The van der Waals surface area contributed by atoms with Gasteiger partial charge in [-0.1, -0.05) is 62.7 Å². The molecule has 1 aromatic heterocycles. The molecule has 0 saturated carbocycles. The van der Waals surface area contributed by atoms with E-state index in [1.165, 1.54) is 5.56 Å². The van der Waals surface area contributed by atoms with E-state index in [2.05, 4.69) is 25.5 Å². The molecule has 1 atom stereocenters. The first kappa shape index (κ1) is 23.0. The van der Waals surface area contributed by atoms with Crippen LogP contribution in [0, 0.1) is 32.1 Å². The minimum Gasteiger partial charge on any atom is -0.460 e. The Balaban J connectivity index is 1.69. The average Bonchev–Trinajstić information content (AvgIpc) is 3.10. The fourth-order valence-corrected chi connectivity index (χ4v) is 7.23. The molecule has 3 aromatic carbocycles. The van der Waals surface area contributed by atoms with Gasteiger partial charge in [-0.05, 0) is 62.1 Å². The van der Waals surface area contributed by atoms with Gasteiger partial charge in [-0.3, -0.25) is 4.72 Å². The Morgan fingerprint density at radius 3 is 2.24 bits per heavy atom. The molecule has 1 aliphatic rings. The predicted octanol–water partition coefficient (Wildman–Crippen LogP) is 7.46. The minimum atomic E-state index is -3.77. The van der Waals surface area contributed by atoms with Crippen LogP contribution >= 0.6 is 0 Å². The van der Waals surface area contributed by atoms with Crippen molar-refractivity contribution < 1.29 is 12.8 Å². The van der Waals surface area contributed by atoms with Crippen molar-refractivity contribution in [2.45, 2.75) is 65.7 Å². The van der Waals surface area contributed by atoms with Crippen LogP contribution in [0.1, 0.15) is 55.2 Å². The highest BCUT2D eigenvalue weighted by Crippen LogP contribution is 2.44. The summed E-state index contributed by atoms with van der Waals surface area (Å²) in [4.78, 5) is 0.351. The van der Waals surface area contributed by atoms with E-state index < -0.39 is 10.0 Å². The van der Waals surface area contributed by atoms with Crippen molar-refractivity contribution in [3.63, 3.8) is 0 Å². The minimum absolute atomic E-state index is 0.211. The summed E-state index contributed by atoms with van der Waals surface area (Å²) in [6.45, 7) is 12.6. The molecule has 34 heavy (non-hydrogen) atoms. The van der Waals surface area contributed by atoms with Gasteiger partial charge in [-0.2, -0.15) is 0 Å². The number of benzene rings is 3. The Hall–Kier alpha value is -2.79. The molecule has 0 fully saturated rings. The van der Waals surface area contributed by atoms with Gasteiger partial charge in [0.1, 0.15) is 11.3 Å². The normalized spacial score (nSPS) is 16.7. The average molecular weight is 476 g/mol. The molecule has 4 aromatic rings. The molecule has 0 bridgehead atoms. The Morgan fingerprint density at radius 2 is 1.59 bits per heavy atom. The van der Waals surface area contributed by atoms with Crippen LogP contribution in [0.25, 0.3) is 21.7 Å². The van der Waals surface area contributed by atoms with Gasteiger partial charge in [0, 0.05) is 28.1 Å². The first-order chi connectivity index (χ1) is 16.0. The van der Waals surface area contributed by atoms with Gasteiger partial charge in [0.15, 0.2) is 0 Å². The van der Waals surface area contributed by atoms with E-state index in [4.69, 9.17) is 4.42 Å². The first-order valence-electron chi connectivity index (χ1n) is 12.0. The number of hydrogen-bond donors (Lipinski definition) is 1. The number of hydrogen-bond acceptors (Lipinski definition) is 3. The lowest BCUT2D eigenvalue weighted by molar-refractivity contribution is 0.210. The van der Waals surface area contributed by atoms with Crippen molar-refractivity contribution in [1.82, 2.24) is 0 Å². The van der Waals surface area contributed by atoms with Crippen LogP contribution in [0.4, 0.5) is 5.69 Å². The molecule has 4 nitrogen and oxygen atoms in total. The van der Waals surface area contributed by atoms with Crippen molar-refractivity contribution in [3.05, 3.63) is 70.5 Å². The van der Waals surface area contributed by atoms with Crippen molar-refractivity contribution in [2.24, 2.45) is 11.3 Å². The van der Waals surface area contributed by atoms with E-state index >= 15 is 0 Å². The van der Waals surface area contributed by atoms with Gasteiger partial charge in [0.2, 0.25) is 0 Å². The van der Waals surface area contributed by atoms with Crippen LogP contribution in [-0.4, -0.2) is 8.42 Å². The summed E-state index contributed by atoms with van der Waals surface area (Å²) in [5, 5.41) is 2.81. The van der Waals surface area contributed by atoms with Gasteiger partial charge in [-0.15, -0.1) is 0 Å². The van der Waals surface area contributed by atoms with Crippen molar-refractivity contribution in [2.75, 3.05) is 4.72 Å². The number of sulfonamides is 1. The zero-order valence-electron chi connectivity index (χ0n) is 20.9. The van der Waals surface area contributed by atoms with Gasteiger partial charge in [0.25, 0.3) is 10.0 Å². The van der Waals surface area contributed by atoms with Gasteiger partial charge in [-0.25, -0.2) is 8.42 Å². The lowest BCUT2D eigenvalue weighted by atomic mass is 9.71. The zero-order chi connectivity index (χ0) is 24.4. The lowest BCUT2D eigenvalue weighted by Gasteiger charge is -2.33. The Morgan fingerprint density at radius 1 is 0.941 bits per heavy atom. The second-order valence-electron chi connectivity index (χ2n) is 11.0. The second-order valence-corrected chi connectivity index (χ2v) is 12.6. The molecule has 0 aliphatic heterocycles. The number of fused-ring (bicyclic) bond motifs is 5. The highest BCUT2D eigenvalue weighted by atomic mass is 32.2. The first-order valence-corrected chi connectivity index (χ1v) is 13.5. The van der Waals surface area contributed by atoms with Crippen LogP contribution in [0.3, 0.4) is 0 Å². The molecule has 178 valence electrons. The maximum atomic E-state index is 13.6. The zero-order valence-corrected chi connectivity index (χ0v) is 21.7. The fraction of sp³-hybridized carbons (Fsp3) is 0.379. The molecular weight excluding hydrogens is 442 g/mol. The quantitative estimate of drug-likeness (QED) is 0.334. The van der Waals surface area contributed by atoms with E-state index in [1.54, 1.807) is 0 Å². The third-order valence-corrected chi connectivity index (χ3v) is 9.07. The summed E-state index contributed by atoms with van der Waals surface area (Å²) >= 11 is 0. The number of furan rings is 1. The third kappa shape index (κ3) is 3.80. The third-order valence-electron chi connectivity index (χ3n) is 7.39. The van der Waals surface area contributed by atoms with E-state index in [9.17, 15) is 8.42 Å². The SMILES string of the molecule is Cc1cc(C)c(S(=O)(=O)Nc2cc3c4c(oc3c3ccccc23)CC[C@@H](C(C)(C)C)C4)c(C)c1. The molecule has 0 radical (unpaired) electrons. The number of aryl methyl sites for hydroxylation is 4. The highest BCUT2D eigenvalue weighted by molar-refractivity contribution is 7.92. The Labute approximate surface area is 202 Å². The smallest absolute Gasteiger partial charge is 0.262 e. The Kier molecular flexibility index (Phi) is 5.32. The number of nitrogens with one attached hydrogen (secondary N) is 1. The maximum absolute atomic E-state index is 13.6. The summed E-state index contributed by atoms with van der Waals surface area (Å²) in [6, 6.07) is 13.7. The summed E-state index contributed by atoms with van der Waals surface area (Å²) in [5.74, 6) is 1.61. The summed E-state index contributed by atoms with van der Waals surface area (Å²) in [5.41, 5.74) is 5.47. The molecule has 5 rings (SSSR count). The molecule has 5 heteroatoms. The van der Waals surface area contributed by atoms with Gasteiger partial charge < -0.3 is 4.42 Å². The van der Waals surface area contributed by atoms with Crippen LogP contribution < -0.4 is 4.72 Å². The maximum Gasteiger partial charge on any atom is 0.262 e. The van der Waals surface area contributed by atoms with Crippen LogP contribution in [0.2, 0.25) is 0 Å². The monoisotopic (exact) mass is 475 g/mol. The molecular formula is C29H33NO3S. The number of anilines is 1. The van der Waals surface area contributed by atoms with Gasteiger partial charge in [0.05, 0.1) is 10.6 Å². The van der Waals surface area contributed by atoms with Crippen molar-refractivity contribution in [1.29, 1.82) is 0 Å².